The highest BCUT2D eigenvalue weighted by Gasteiger charge is 2.33. The molecule has 2 N–H and O–H groups in total. The first kappa shape index (κ1) is 12.4. The number of nitrogens with two attached hydrogens (primary N) is 1. The molecule has 0 bridgehead atoms. The minimum Gasteiger partial charge on any atom is -0.488 e. The zero-order chi connectivity index (χ0) is 12.5. The third kappa shape index (κ3) is 2.63. The number of benzene rings is 1. The second-order valence-electron chi connectivity index (χ2n) is 5.57. The van der Waals surface area contributed by atoms with Crippen LogP contribution in [-0.2, 0) is 6.42 Å². The number of hydrogen-bond acceptors (Lipinski definition) is 2. The van der Waals surface area contributed by atoms with Crippen molar-refractivity contribution < 1.29 is 4.74 Å². The van der Waals surface area contributed by atoms with Crippen molar-refractivity contribution in [1.82, 2.24) is 0 Å². The van der Waals surface area contributed by atoms with Gasteiger partial charge in [0.05, 0.1) is 0 Å². The molecule has 1 heterocycles. The van der Waals surface area contributed by atoms with Gasteiger partial charge in [0, 0.05) is 0 Å². The van der Waals surface area contributed by atoms with Gasteiger partial charge in [0.15, 0.2) is 0 Å². The zero-order valence-electron chi connectivity index (χ0n) is 11.1. The minimum absolute atomic E-state index is 0.0689. The number of rotatable bonds is 3. The van der Waals surface area contributed by atoms with Crippen LogP contribution in [0.25, 0.3) is 0 Å². The highest BCUT2D eigenvalue weighted by atomic mass is 16.5. The summed E-state index contributed by atoms with van der Waals surface area (Å²) in [4.78, 5) is 0. The highest BCUT2D eigenvalue weighted by molar-refractivity contribution is 5.42. The van der Waals surface area contributed by atoms with Crippen LogP contribution in [0.15, 0.2) is 18.2 Å². The van der Waals surface area contributed by atoms with Gasteiger partial charge in [-0.1, -0.05) is 19.1 Å². The molecule has 17 heavy (non-hydrogen) atoms. The summed E-state index contributed by atoms with van der Waals surface area (Å²) in [7, 11) is 0. The number of fused-ring (bicyclic) bond motifs is 1. The summed E-state index contributed by atoms with van der Waals surface area (Å²) in [5.41, 5.74) is 8.41. The van der Waals surface area contributed by atoms with Gasteiger partial charge < -0.3 is 10.5 Å². The fraction of sp³-hybridized carbons (Fsp3) is 0.600. The van der Waals surface area contributed by atoms with Crippen LogP contribution in [0, 0.1) is 0 Å². The molecule has 0 saturated heterocycles. The molecule has 1 aromatic rings. The molecule has 0 amide bonds. The summed E-state index contributed by atoms with van der Waals surface area (Å²) in [5.74, 6) is 1.60. The molecule has 0 aliphatic carbocycles. The first-order chi connectivity index (χ1) is 8.05. The maximum absolute atomic E-state index is 6.05. The smallest absolute Gasteiger partial charge is 0.123 e. The lowest BCUT2D eigenvalue weighted by Gasteiger charge is -2.38. The van der Waals surface area contributed by atoms with Gasteiger partial charge in [-0.2, -0.15) is 0 Å². The maximum atomic E-state index is 6.05. The molecule has 0 fully saturated rings. The first-order valence-electron chi connectivity index (χ1n) is 6.57. The van der Waals surface area contributed by atoms with Crippen LogP contribution in [0.4, 0.5) is 0 Å². The van der Waals surface area contributed by atoms with E-state index in [0.29, 0.717) is 5.92 Å². The van der Waals surface area contributed by atoms with Crippen LogP contribution in [-0.4, -0.2) is 12.1 Å². The molecule has 0 radical (unpaired) electrons. The second-order valence-corrected chi connectivity index (χ2v) is 5.57. The monoisotopic (exact) mass is 233 g/mol. The normalized spacial score (nSPS) is 21.8. The Kier molecular flexibility index (Phi) is 3.43. The van der Waals surface area contributed by atoms with Gasteiger partial charge in [0.1, 0.15) is 11.4 Å². The van der Waals surface area contributed by atoms with Gasteiger partial charge in [-0.3, -0.25) is 0 Å². The summed E-state index contributed by atoms with van der Waals surface area (Å²) in [5, 5.41) is 0. The van der Waals surface area contributed by atoms with E-state index in [9.17, 15) is 0 Å². The molecule has 1 aliphatic heterocycles. The Hall–Kier alpha value is -1.02. The molecule has 1 aromatic carbocycles. The van der Waals surface area contributed by atoms with Crippen LogP contribution in [0.1, 0.15) is 50.7 Å². The lowest BCUT2D eigenvalue weighted by Crippen LogP contribution is -2.35. The Morgan fingerprint density at radius 1 is 1.41 bits per heavy atom. The summed E-state index contributed by atoms with van der Waals surface area (Å²) in [6.07, 6.45) is 3.18. The van der Waals surface area contributed by atoms with Crippen molar-refractivity contribution in [1.29, 1.82) is 0 Å². The maximum Gasteiger partial charge on any atom is 0.123 e. The summed E-state index contributed by atoms with van der Waals surface area (Å²) in [6.45, 7) is 7.25. The van der Waals surface area contributed by atoms with E-state index in [1.54, 1.807) is 0 Å². The van der Waals surface area contributed by atoms with Gasteiger partial charge in [0.25, 0.3) is 0 Å². The van der Waals surface area contributed by atoms with Crippen molar-refractivity contribution in [2.45, 2.75) is 51.6 Å². The zero-order valence-corrected chi connectivity index (χ0v) is 11.1. The van der Waals surface area contributed by atoms with E-state index in [4.69, 9.17) is 10.5 Å². The van der Waals surface area contributed by atoms with E-state index < -0.39 is 0 Å². The molecule has 1 atom stereocenters. The average molecular weight is 233 g/mol. The van der Waals surface area contributed by atoms with Crippen LogP contribution in [0.2, 0.25) is 0 Å². The van der Waals surface area contributed by atoms with E-state index in [0.717, 1.165) is 31.6 Å². The minimum atomic E-state index is -0.0689. The van der Waals surface area contributed by atoms with E-state index in [2.05, 4.69) is 39.0 Å². The fourth-order valence-corrected chi connectivity index (χ4v) is 2.73. The molecule has 94 valence electrons. The van der Waals surface area contributed by atoms with Gasteiger partial charge in [-0.15, -0.1) is 0 Å². The third-order valence-electron chi connectivity index (χ3n) is 3.56. The van der Waals surface area contributed by atoms with Gasteiger partial charge in [-0.25, -0.2) is 0 Å². The summed E-state index contributed by atoms with van der Waals surface area (Å²) >= 11 is 0. The molecule has 2 rings (SSSR count). The SMILES string of the molecule is CCc1ccc2c(c1)C(CCN)CC(C)(C)O2. The molecule has 2 nitrogen and oxygen atoms in total. The predicted molar refractivity (Wildman–Crippen MR) is 71.6 cm³/mol. The average Bonchev–Trinajstić information content (AvgIpc) is 2.27. The Balaban J connectivity index is 2.38. The van der Waals surface area contributed by atoms with Crippen LogP contribution in [0.5, 0.6) is 5.75 Å². The van der Waals surface area contributed by atoms with Crippen LogP contribution in [0.3, 0.4) is 0 Å². The molecule has 1 aliphatic rings. The van der Waals surface area contributed by atoms with Crippen LogP contribution < -0.4 is 10.5 Å². The molecule has 0 spiro atoms. The lowest BCUT2D eigenvalue weighted by atomic mass is 9.82. The summed E-state index contributed by atoms with van der Waals surface area (Å²) < 4.78 is 6.05. The van der Waals surface area contributed by atoms with Crippen LogP contribution >= 0.6 is 0 Å². The quantitative estimate of drug-likeness (QED) is 0.870. The topological polar surface area (TPSA) is 35.2 Å². The number of ether oxygens (including phenoxy) is 1. The Labute approximate surface area is 104 Å². The number of hydrogen-bond donors (Lipinski definition) is 1. The second kappa shape index (κ2) is 4.69. The third-order valence-corrected chi connectivity index (χ3v) is 3.56. The lowest BCUT2D eigenvalue weighted by molar-refractivity contribution is 0.0708. The molecule has 0 saturated carbocycles. The van der Waals surface area contributed by atoms with Crippen molar-refractivity contribution in [3.05, 3.63) is 29.3 Å². The Morgan fingerprint density at radius 3 is 2.82 bits per heavy atom. The molecular formula is C15H23NO. The largest absolute Gasteiger partial charge is 0.488 e. The predicted octanol–water partition coefficient (Wildman–Crippen LogP) is 3.24. The first-order valence-corrected chi connectivity index (χ1v) is 6.57. The van der Waals surface area contributed by atoms with E-state index >= 15 is 0 Å². The van der Waals surface area contributed by atoms with Crippen molar-refractivity contribution in [3.8, 4) is 5.75 Å². The molecule has 1 unspecified atom stereocenters. The van der Waals surface area contributed by atoms with Crippen molar-refractivity contribution >= 4 is 0 Å². The molecule has 0 aromatic heterocycles. The number of aryl methyl sites for hydroxylation is 1. The van der Waals surface area contributed by atoms with Crippen molar-refractivity contribution in [2.24, 2.45) is 5.73 Å². The van der Waals surface area contributed by atoms with E-state index in [1.807, 2.05) is 0 Å². The summed E-state index contributed by atoms with van der Waals surface area (Å²) in [6, 6.07) is 6.59. The Bertz CT molecular complexity index is 398. The van der Waals surface area contributed by atoms with Crippen molar-refractivity contribution in [3.63, 3.8) is 0 Å². The van der Waals surface area contributed by atoms with E-state index in [1.165, 1.54) is 11.1 Å². The van der Waals surface area contributed by atoms with Gasteiger partial charge in [0.2, 0.25) is 0 Å². The fourth-order valence-electron chi connectivity index (χ4n) is 2.73. The Morgan fingerprint density at radius 2 is 2.18 bits per heavy atom. The van der Waals surface area contributed by atoms with Gasteiger partial charge in [-0.05, 0) is 62.8 Å². The molecule has 2 heteroatoms. The van der Waals surface area contributed by atoms with Crippen molar-refractivity contribution in [2.75, 3.05) is 6.54 Å². The highest BCUT2D eigenvalue weighted by Crippen LogP contribution is 2.42. The van der Waals surface area contributed by atoms with E-state index in [-0.39, 0.29) is 5.60 Å². The van der Waals surface area contributed by atoms with Gasteiger partial charge >= 0.3 is 0 Å². The standard InChI is InChI=1S/C15H23NO/c1-4-11-5-6-14-13(9-11)12(7-8-16)10-15(2,3)17-14/h5-6,9,12H,4,7-8,10,16H2,1-3H3. The molecular weight excluding hydrogens is 210 g/mol.